The summed E-state index contributed by atoms with van der Waals surface area (Å²) in [5.41, 5.74) is 0.317. The van der Waals surface area contributed by atoms with E-state index in [0.717, 1.165) is 13.0 Å². The van der Waals surface area contributed by atoms with Crippen LogP contribution in [0.3, 0.4) is 0 Å². The van der Waals surface area contributed by atoms with Crippen LogP contribution in [0.1, 0.15) is 54.4 Å². The van der Waals surface area contributed by atoms with Gasteiger partial charge in [0.2, 0.25) is 5.91 Å². The van der Waals surface area contributed by atoms with Gasteiger partial charge in [0, 0.05) is 13.0 Å². The van der Waals surface area contributed by atoms with Crippen molar-refractivity contribution < 1.29 is 4.79 Å². The monoisotopic (exact) mass is 213 g/mol. The van der Waals surface area contributed by atoms with Crippen molar-refractivity contribution in [3.05, 3.63) is 0 Å². The highest BCUT2D eigenvalue weighted by Crippen LogP contribution is 2.25. The molecule has 0 saturated heterocycles. The molecule has 1 N–H and O–H groups in total. The first-order valence-electron chi connectivity index (χ1n) is 5.97. The van der Waals surface area contributed by atoms with Gasteiger partial charge in [-0.2, -0.15) is 0 Å². The molecule has 0 rings (SSSR count). The van der Waals surface area contributed by atoms with Crippen LogP contribution in [0.15, 0.2) is 0 Å². The van der Waals surface area contributed by atoms with Crippen molar-refractivity contribution in [1.29, 1.82) is 0 Å². The quantitative estimate of drug-likeness (QED) is 0.746. The van der Waals surface area contributed by atoms with Crippen molar-refractivity contribution >= 4 is 5.91 Å². The zero-order valence-electron chi connectivity index (χ0n) is 11.2. The van der Waals surface area contributed by atoms with Crippen LogP contribution in [-0.4, -0.2) is 12.5 Å². The third-order valence-corrected chi connectivity index (χ3v) is 2.20. The van der Waals surface area contributed by atoms with Crippen molar-refractivity contribution in [2.24, 2.45) is 17.3 Å². The van der Waals surface area contributed by atoms with Gasteiger partial charge in [0.05, 0.1) is 0 Å². The second-order valence-electron chi connectivity index (χ2n) is 6.27. The summed E-state index contributed by atoms with van der Waals surface area (Å²) in [6, 6.07) is 0. The van der Waals surface area contributed by atoms with Crippen LogP contribution in [-0.2, 0) is 4.79 Å². The van der Waals surface area contributed by atoms with Crippen molar-refractivity contribution in [2.45, 2.75) is 54.4 Å². The first-order chi connectivity index (χ1) is 6.70. The fourth-order valence-electron chi connectivity index (χ4n) is 1.82. The van der Waals surface area contributed by atoms with Crippen LogP contribution < -0.4 is 5.32 Å². The molecule has 0 aromatic carbocycles. The van der Waals surface area contributed by atoms with Gasteiger partial charge in [-0.05, 0) is 23.7 Å². The number of carbonyl (C=O) groups is 1. The van der Waals surface area contributed by atoms with Crippen LogP contribution >= 0.6 is 0 Å². The Labute approximate surface area is 94.8 Å². The van der Waals surface area contributed by atoms with Crippen molar-refractivity contribution in [3.63, 3.8) is 0 Å². The Morgan fingerprint density at radius 1 is 1.20 bits per heavy atom. The number of rotatable bonds is 5. The highest BCUT2D eigenvalue weighted by molar-refractivity contribution is 5.76. The predicted octanol–water partition coefficient (Wildman–Crippen LogP) is 3.22. The topological polar surface area (TPSA) is 29.1 Å². The van der Waals surface area contributed by atoms with E-state index in [2.05, 4.69) is 46.9 Å². The van der Waals surface area contributed by atoms with Gasteiger partial charge in [0.25, 0.3) is 0 Å². The Morgan fingerprint density at radius 3 is 2.13 bits per heavy atom. The van der Waals surface area contributed by atoms with E-state index in [1.807, 2.05) is 0 Å². The average Bonchev–Trinajstić information content (AvgIpc) is 1.96. The zero-order valence-corrected chi connectivity index (χ0v) is 11.2. The van der Waals surface area contributed by atoms with Crippen LogP contribution in [0.25, 0.3) is 0 Å². The molecule has 2 heteroatoms. The van der Waals surface area contributed by atoms with Gasteiger partial charge in [-0.1, -0.05) is 41.5 Å². The predicted molar refractivity (Wildman–Crippen MR) is 65.7 cm³/mol. The molecule has 0 bridgehead atoms. The van der Waals surface area contributed by atoms with Crippen molar-refractivity contribution in [2.75, 3.05) is 6.54 Å². The fraction of sp³-hybridized carbons (Fsp3) is 0.923. The van der Waals surface area contributed by atoms with E-state index >= 15 is 0 Å². The van der Waals surface area contributed by atoms with E-state index in [1.54, 1.807) is 0 Å². The van der Waals surface area contributed by atoms with Gasteiger partial charge < -0.3 is 5.32 Å². The molecule has 0 aromatic rings. The Hall–Kier alpha value is -0.530. The summed E-state index contributed by atoms with van der Waals surface area (Å²) in [5, 5.41) is 2.96. The summed E-state index contributed by atoms with van der Waals surface area (Å²) >= 11 is 0. The van der Waals surface area contributed by atoms with Gasteiger partial charge >= 0.3 is 0 Å². The van der Waals surface area contributed by atoms with Gasteiger partial charge in [0.1, 0.15) is 0 Å². The molecular formula is C13H27NO. The largest absolute Gasteiger partial charge is 0.356 e. The minimum atomic E-state index is 0.195. The Morgan fingerprint density at radius 2 is 1.73 bits per heavy atom. The normalized spacial score (nSPS) is 14.1. The molecule has 1 unspecified atom stereocenters. The van der Waals surface area contributed by atoms with Gasteiger partial charge in [0.15, 0.2) is 0 Å². The zero-order chi connectivity index (χ0) is 12.1. The summed E-state index contributed by atoms with van der Waals surface area (Å²) in [4.78, 5) is 11.5. The molecular weight excluding hydrogens is 186 g/mol. The van der Waals surface area contributed by atoms with E-state index < -0.39 is 0 Å². The number of hydrogen-bond donors (Lipinski definition) is 1. The summed E-state index contributed by atoms with van der Waals surface area (Å²) in [7, 11) is 0. The average molecular weight is 213 g/mol. The van der Waals surface area contributed by atoms with E-state index in [-0.39, 0.29) is 5.91 Å². The van der Waals surface area contributed by atoms with Crippen molar-refractivity contribution in [1.82, 2.24) is 5.32 Å². The minimum absolute atomic E-state index is 0.195. The summed E-state index contributed by atoms with van der Waals surface area (Å²) in [5.74, 6) is 1.20. The fourth-order valence-corrected chi connectivity index (χ4v) is 1.82. The highest BCUT2D eigenvalue weighted by Gasteiger charge is 2.17. The molecule has 90 valence electrons. The number of carbonyl (C=O) groups excluding carboxylic acids is 1. The number of hydrogen-bond acceptors (Lipinski definition) is 1. The van der Waals surface area contributed by atoms with Gasteiger partial charge in [-0.3, -0.25) is 4.79 Å². The molecule has 15 heavy (non-hydrogen) atoms. The maximum Gasteiger partial charge on any atom is 0.220 e. The second-order valence-corrected chi connectivity index (χ2v) is 6.27. The third kappa shape index (κ3) is 9.77. The molecule has 0 heterocycles. The molecule has 0 aliphatic rings. The van der Waals surface area contributed by atoms with Crippen LogP contribution in [0, 0.1) is 17.3 Å². The Kier molecular flexibility index (Phi) is 5.92. The molecule has 1 atom stereocenters. The summed E-state index contributed by atoms with van der Waals surface area (Å²) < 4.78 is 0. The smallest absolute Gasteiger partial charge is 0.220 e. The Balaban J connectivity index is 3.77. The lowest BCUT2D eigenvalue weighted by molar-refractivity contribution is -0.122. The molecule has 0 aromatic heterocycles. The molecule has 2 nitrogen and oxygen atoms in total. The number of nitrogens with one attached hydrogen (secondary N) is 1. The lowest BCUT2D eigenvalue weighted by atomic mass is 9.84. The number of amides is 1. The van der Waals surface area contributed by atoms with Crippen molar-refractivity contribution in [3.8, 4) is 0 Å². The maximum atomic E-state index is 11.5. The maximum absolute atomic E-state index is 11.5. The van der Waals surface area contributed by atoms with Gasteiger partial charge in [-0.25, -0.2) is 0 Å². The third-order valence-electron chi connectivity index (χ3n) is 2.20. The van der Waals surface area contributed by atoms with E-state index in [4.69, 9.17) is 0 Å². The lowest BCUT2D eigenvalue weighted by Crippen LogP contribution is -2.29. The standard InChI is InChI=1S/C13H27NO/c1-10(2)9-14-12(15)7-11(3)8-13(4,5)6/h10-11H,7-9H2,1-6H3,(H,14,15). The molecule has 0 aliphatic carbocycles. The molecule has 0 radical (unpaired) electrons. The first kappa shape index (κ1) is 14.5. The highest BCUT2D eigenvalue weighted by atomic mass is 16.1. The molecule has 1 amide bonds. The molecule has 0 aliphatic heterocycles. The van der Waals surface area contributed by atoms with Crippen LogP contribution in [0.5, 0.6) is 0 Å². The summed E-state index contributed by atoms with van der Waals surface area (Å²) in [6.45, 7) is 13.8. The first-order valence-corrected chi connectivity index (χ1v) is 5.97. The van der Waals surface area contributed by atoms with Gasteiger partial charge in [-0.15, -0.1) is 0 Å². The van der Waals surface area contributed by atoms with Crippen LogP contribution in [0.2, 0.25) is 0 Å². The SMILES string of the molecule is CC(C)CNC(=O)CC(C)CC(C)(C)C. The Bertz CT molecular complexity index is 191. The summed E-state index contributed by atoms with van der Waals surface area (Å²) in [6.07, 6.45) is 1.76. The molecule has 0 saturated carbocycles. The lowest BCUT2D eigenvalue weighted by Gasteiger charge is -2.22. The van der Waals surface area contributed by atoms with Crippen LogP contribution in [0.4, 0.5) is 0 Å². The second kappa shape index (κ2) is 6.14. The molecule has 0 spiro atoms. The van der Waals surface area contributed by atoms with E-state index in [9.17, 15) is 4.79 Å². The van der Waals surface area contributed by atoms with E-state index in [1.165, 1.54) is 0 Å². The van der Waals surface area contributed by atoms with E-state index in [0.29, 0.717) is 23.7 Å². The molecule has 0 fully saturated rings. The minimum Gasteiger partial charge on any atom is -0.356 e.